The number of carbonyl (C=O) groups excluding carboxylic acids is 1. The van der Waals surface area contributed by atoms with Gasteiger partial charge in [0.25, 0.3) is 0 Å². The van der Waals surface area contributed by atoms with Crippen molar-refractivity contribution >= 4 is 16.9 Å². The Bertz CT molecular complexity index is 182. The van der Waals surface area contributed by atoms with E-state index in [9.17, 15) is 9.00 Å². The first-order chi connectivity index (χ1) is 6.29. The summed E-state index contributed by atoms with van der Waals surface area (Å²) in [6, 6.07) is 0. The van der Waals surface area contributed by atoms with Crippen molar-refractivity contribution in [1.29, 1.82) is 0 Å². The lowest BCUT2D eigenvalue weighted by atomic mass is 10.6. The van der Waals surface area contributed by atoms with E-state index in [2.05, 4.69) is 15.4 Å². The highest BCUT2D eigenvalue weighted by Gasteiger charge is 2.06. The molecule has 2 saturated heterocycles. The third-order valence-corrected chi connectivity index (χ3v) is 2.94. The zero-order chi connectivity index (χ0) is 9.52. The number of ether oxygens (including phenoxy) is 1. The van der Waals surface area contributed by atoms with Gasteiger partial charge in [0.1, 0.15) is 6.61 Å². The van der Waals surface area contributed by atoms with E-state index in [1.165, 1.54) is 0 Å². The average Bonchev–Trinajstić information content (AvgIpc) is 2.58. The molecule has 1 amide bonds. The van der Waals surface area contributed by atoms with Gasteiger partial charge in [-0.25, -0.2) is 4.79 Å². The fourth-order valence-electron chi connectivity index (χ4n) is 0.947. The summed E-state index contributed by atoms with van der Waals surface area (Å²) in [5.41, 5.74) is 0. The lowest BCUT2D eigenvalue weighted by Crippen LogP contribution is -2.32. The number of hydrogen-bond donors (Lipinski definition) is 2. The van der Waals surface area contributed by atoms with Crippen LogP contribution in [0.25, 0.3) is 0 Å². The molecule has 2 aliphatic rings. The highest BCUT2D eigenvalue weighted by molar-refractivity contribution is 7.85. The average molecular weight is 206 g/mol. The Morgan fingerprint density at radius 3 is 2.15 bits per heavy atom. The topological polar surface area (TPSA) is 67.4 Å². The van der Waals surface area contributed by atoms with Crippen LogP contribution in [0, 0.1) is 0 Å². The fraction of sp³-hybridized carbons (Fsp3) is 0.857. The molecule has 2 fully saturated rings. The molecule has 13 heavy (non-hydrogen) atoms. The molecule has 0 spiro atoms. The van der Waals surface area contributed by atoms with Crippen molar-refractivity contribution in [2.24, 2.45) is 0 Å². The van der Waals surface area contributed by atoms with Gasteiger partial charge in [0.15, 0.2) is 0 Å². The third-order valence-electron chi connectivity index (χ3n) is 1.62. The van der Waals surface area contributed by atoms with Crippen LogP contribution in [-0.4, -0.2) is 48.0 Å². The van der Waals surface area contributed by atoms with E-state index >= 15 is 0 Å². The molecule has 76 valence electrons. The summed E-state index contributed by atoms with van der Waals surface area (Å²) in [5.74, 6) is 1.69. The molecule has 0 atom stereocenters. The number of rotatable bonds is 0. The third kappa shape index (κ3) is 4.84. The molecule has 0 aliphatic carbocycles. The zero-order valence-electron chi connectivity index (χ0n) is 7.38. The number of amides is 1. The summed E-state index contributed by atoms with van der Waals surface area (Å²) in [4.78, 5) is 9.91. The van der Waals surface area contributed by atoms with Crippen LogP contribution in [-0.2, 0) is 15.5 Å². The van der Waals surface area contributed by atoms with Crippen LogP contribution in [0.3, 0.4) is 0 Å². The lowest BCUT2D eigenvalue weighted by Gasteiger charge is -2.09. The summed E-state index contributed by atoms with van der Waals surface area (Å²) in [7, 11) is -0.503. The van der Waals surface area contributed by atoms with Crippen LogP contribution in [0.5, 0.6) is 0 Å². The van der Waals surface area contributed by atoms with Crippen molar-refractivity contribution < 1.29 is 13.7 Å². The highest BCUT2D eigenvalue weighted by Crippen LogP contribution is 1.84. The molecule has 5 nitrogen and oxygen atoms in total. The van der Waals surface area contributed by atoms with E-state index in [-0.39, 0.29) is 6.09 Å². The molecule has 0 radical (unpaired) electrons. The smallest absolute Gasteiger partial charge is 0.407 e. The number of nitrogens with one attached hydrogen (secondary N) is 2. The Balaban J connectivity index is 0.000000132. The second kappa shape index (κ2) is 5.93. The highest BCUT2D eigenvalue weighted by atomic mass is 32.2. The maximum Gasteiger partial charge on any atom is 0.407 e. The molecule has 0 bridgehead atoms. The molecule has 0 unspecified atom stereocenters. The van der Waals surface area contributed by atoms with E-state index in [1.54, 1.807) is 0 Å². The van der Waals surface area contributed by atoms with Crippen molar-refractivity contribution in [3.63, 3.8) is 0 Å². The molecule has 2 heterocycles. The maximum absolute atomic E-state index is 10.5. The van der Waals surface area contributed by atoms with Crippen LogP contribution in [0.1, 0.15) is 0 Å². The summed E-state index contributed by atoms with van der Waals surface area (Å²) < 4.78 is 14.9. The standard InChI is InChI=1S/C4H9NOS.C3H5NO2/c6-7-3-1-5-2-4-7;5-3-4-1-2-6-3/h5H,1-4H2;1-2H2,(H,4,5). The number of hydrogen-bond acceptors (Lipinski definition) is 4. The van der Waals surface area contributed by atoms with Crippen molar-refractivity contribution in [2.75, 3.05) is 37.7 Å². The van der Waals surface area contributed by atoms with E-state index in [0.29, 0.717) is 13.2 Å². The first-order valence-electron chi connectivity index (χ1n) is 4.25. The summed E-state index contributed by atoms with van der Waals surface area (Å²) in [5, 5.41) is 5.58. The van der Waals surface area contributed by atoms with Gasteiger partial charge in [-0.3, -0.25) is 4.21 Å². The minimum absolute atomic E-state index is 0.296. The number of cyclic esters (lactones) is 1. The maximum atomic E-state index is 10.5. The molecule has 0 aromatic carbocycles. The zero-order valence-corrected chi connectivity index (χ0v) is 8.19. The minimum atomic E-state index is -0.503. The van der Waals surface area contributed by atoms with Crippen molar-refractivity contribution in [3.05, 3.63) is 0 Å². The SMILES string of the molecule is O=C1NCCO1.O=S1CCNCC1. The van der Waals surface area contributed by atoms with Crippen LogP contribution < -0.4 is 10.6 Å². The van der Waals surface area contributed by atoms with Gasteiger partial charge in [-0.2, -0.15) is 0 Å². The Kier molecular flexibility index (Phi) is 4.77. The summed E-state index contributed by atoms with van der Waals surface area (Å²) >= 11 is 0. The van der Waals surface area contributed by atoms with Gasteiger partial charge in [-0.15, -0.1) is 0 Å². The molecule has 2 rings (SSSR count). The molecule has 0 saturated carbocycles. The van der Waals surface area contributed by atoms with Gasteiger partial charge in [-0.05, 0) is 0 Å². The minimum Gasteiger partial charge on any atom is -0.448 e. The van der Waals surface area contributed by atoms with Gasteiger partial charge in [0.05, 0.1) is 6.54 Å². The largest absolute Gasteiger partial charge is 0.448 e. The van der Waals surface area contributed by atoms with E-state index < -0.39 is 10.8 Å². The monoisotopic (exact) mass is 206 g/mol. The number of alkyl carbamates (subject to hydrolysis) is 1. The summed E-state index contributed by atoms with van der Waals surface area (Å²) in [6.45, 7) is 3.07. The van der Waals surface area contributed by atoms with Gasteiger partial charge in [0.2, 0.25) is 0 Å². The van der Waals surface area contributed by atoms with Gasteiger partial charge >= 0.3 is 6.09 Å². The Morgan fingerprint density at radius 1 is 1.23 bits per heavy atom. The molecular formula is C7H14N2O3S. The second-order valence-corrected chi connectivity index (χ2v) is 4.36. The summed E-state index contributed by atoms with van der Waals surface area (Å²) in [6.07, 6.45) is -0.296. The molecule has 0 aromatic rings. The van der Waals surface area contributed by atoms with Crippen molar-refractivity contribution in [1.82, 2.24) is 10.6 Å². The molecule has 2 N–H and O–H groups in total. The quantitative estimate of drug-likeness (QED) is 0.537. The van der Waals surface area contributed by atoms with Crippen LogP contribution in [0.2, 0.25) is 0 Å². The second-order valence-electron chi connectivity index (χ2n) is 2.66. The predicted octanol–water partition coefficient (Wildman–Crippen LogP) is -0.935. The molecule has 2 aliphatic heterocycles. The molecule has 6 heteroatoms. The first kappa shape index (κ1) is 10.5. The van der Waals surface area contributed by atoms with Crippen LogP contribution in [0.15, 0.2) is 0 Å². The fourth-order valence-corrected chi connectivity index (χ4v) is 1.90. The van der Waals surface area contributed by atoms with E-state index in [0.717, 1.165) is 24.6 Å². The molecule has 0 aromatic heterocycles. The molecular weight excluding hydrogens is 192 g/mol. The van der Waals surface area contributed by atoms with Crippen molar-refractivity contribution in [2.45, 2.75) is 0 Å². The first-order valence-corrected chi connectivity index (χ1v) is 5.74. The van der Waals surface area contributed by atoms with E-state index in [1.807, 2.05) is 0 Å². The van der Waals surface area contributed by atoms with Crippen molar-refractivity contribution in [3.8, 4) is 0 Å². The number of carbonyl (C=O) groups is 1. The van der Waals surface area contributed by atoms with Crippen LogP contribution >= 0.6 is 0 Å². The van der Waals surface area contributed by atoms with Gasteiger partial charge in [0, 0.05) is 35.4 Å². The normalized spacial score (nSPS) is 22.6. The predicted molar refractivity (Wildman–Crippen MR) is 50.1 cm³/mol. The Labute approximate surface area is 79.7 Å². The lowest BCUT2D eigenvalue weighted by molar-refractivity contribution is 0.178. The van der Waals surface area contributed by atoms with Gasteiger partial charge in [-0.1, -0.05) is 0 Å². The van der Waals surface area contributed by atoms with Gasteiger partial charge < -0.3 is 15.4 Å². The Hall–Kier alpha value is -0.620. The van der Waals surface area contributed by atoms with E-state index in [4.69, 9.17) is 0 Å². The van der Waals surface area contributed by atoms with Crippen LogP contribution in [0.4, 0.5) is 4.79 Å². The Morgan fingerprint density at radius 2 is 1.92 bits per heavy atom.